The molecule has 0 atom stereocenters. The summed E-state index contributed by atoms with van der Waals surface area (Å²) in [5.74, 6) is 2.92. The summed E-state index contributed by atoms with van der Waals surface area (Å²) in [6, 6.07) is 9.04. The Hall–Kier alpha value is -1.16. The maximum Gasteiger partial charge on any atom is 0.230 e. The van der Waals surface area contributed by atoms with Crippen LogP contribution in [0.3, 0.4) is 0 Å². The Balaban J connectivity index is 1.38. The predicted octanol–water partition coefficient (Wildman–Crippen LogP) is 3.22. The highest BCUT2D eigenvalue weighted by molar-refractivity contribution is 7.99. The molecule has 1 saturated carbocycles. The van der Waals surface area contributed by atoms with Crippen LogP contribution in [0.1, 0.15) is 31.2 Å². The summed E-state index contributed by atoms with van der Waals surface area (Å²) in [6.45, 7) is 4.20. The number of carbonyl (C=O) groups is 1. The van der Waals surface area contributed by atoms with Crippen LogP contribution in [0.4, 0.5) is 5.69 Å². The highest BCUT2D eigenvalue weighted by Crippen LogP contribution is 2.32. The molecule has 1 N–H and O–H groups in total. The van der Waals surface area contributed by atoms with Crippen LogP contribution in [0.2, 0.25) is 0 Å². The van der Waals surface area contributed by atoms with E-state index in [2.05, 4.69) is 41.4 Å². The van der Waals surface area contributed by atoms with Gasteiger partial charge in [-0.2, -0.15) is 11.8 Å². The largest absolute Gasteiger partial charge is 0.371 e. The van der Waals surface area contributed by atoms with Gasteiger partial charge < -0.3 is 10.2 Å². The van der Waals surface area contributed by atoms with Gasteiger partial charge in [-0.05, 0) is 62.0 Å². The molecule has 2 fully saturated rings. The van der Waals surface area contributed by atoms with Crippen molar-refractivity contribution in [3.8, 4) is 0 Å². The van der Waals surface area contributed by atoms with Gasteiger partial charge in [0, 0.05) is 24.8 Å². The molecule has 3 rings (SSSR count). The summed E-state index contributed by atoms with van der Waals surface area (Å²) in [5.41, 5.74) is 2.62. The van der Waals surface area contributed by atoms with E-state index in [0.29, 0.717) is 11.8 Å². The van der Waals surface area contributed by atoms with Crippen molar-refractivity contribution in [2.24, 2.45) is 5.92 Å². The summed E-state index contributed by atoms with van der Waals surface area (Å²) in [7, 11) is 0. The number of rotatable bonds is 6. The van der Waals surface area contributed by atoms with Crippen molar-refractivity contribution in [2.45, 2.75) is 38.6 Å². The van der Waals surface area contributed by atoms with Gasteiger partial charge in [0.2, 0.25) is 5.91 Å². The van der Waals surface area contributed by atoms with E-state index < -0.39 is 0 Å². The van der Waals surface area contributed by atoms with Gasteiger partial charge in [-0.25, -0.2) is 0 Å². The lowest BCUT2D eigenvalue weighted by Gasteiger charge is -2.34. The number of aryl methyl sites for hydroxylation is 1. The van der Waals surface area contributed by atoms with Crippen LogP contribution in [0.15, 0.2) is 24.3 Å². The van der Waals surface area contributed by atoms with Gasteiger partial charge in [0.05, 0.1) is 5.75 Å². The Bertz CT molecular complexity index is 508. The number of thioether (sulfide) groups is 1. The van der Waals surface area contributed by atoms with Gasteiger partial charge in [0.15, 0.2) is 0 Å². The molecule has 0 radical (unpaired) electrons. The van der Waals surface area contributed by atoms with Crippen LogP contribution in [0, 0.1) is 12.8 Å². The molecular weight excluding hydrogens is 292 g/mol. The van der Waals surface area contributed by atoms with Crippen molar-refractivity contribution in [3.63, 3.8) is 0 Å². The number of nitrogens with one attached hydrogen (secondary N) is 1. The Morgan fingerprint density at radius 2 is 2.05 bits per heavy atom. The van der Waals surface area contributed by atoms with Gasteiger partial charge in [0.25, 0.3) is 0 Å². The highest BCUT2D eigenvalue weighted by atomic mass is 32.2. The van der Waals surface area contributed by atoms with E-state index in [1.807, 2.05) is 0 Å². The first-order valence-electron chi connectivity index (χ1n) is 8.39. The van der Waals surface area contributed by atoms with Crippen LogP contribution >= 0.6 is 11.8 Å². The lowest BCUT2D eigenvalue weighted by molar-refractivity contribution is -0.119. The monoisotopic (exact) mass is 318 g/mol. The number of hydrogen-bond acceptors (Lipinski definition) is 3. The third-order valence-electron chi connectivity index (χ3n) is 4.51. The summed E-state index contributed by atoms with van der Waals surface area (Å²) in [6.07, 6.45) is 4.83. The zero-order valence-electron chi connectivity index (χ0n) is 13.4. The van der Waals surface area contributed by atoms with Gasteiger partial charge in [-0.15, -0.1) is 0 Å². The molecule has 1 saturated heterocycles. The number of hydrogen-bond donors (Lipinski definition) is 1. The normalized spacial score (nSPS) is 19.2. The third kappa shape index (κ3) is 4.67. The standard InChI is InChI=1S/C18H26N2OS/c1-14-3-2-4-17(11-14)20-9-7-16(8-10-20)19-18(21)13-22-12-15-5-6-15/h2-4,11,15-16H,5-10,12-13H2,1H3,(H,19,21). The Morgan fingerprint density at radius 1 is 1.27 bits per heavy atom. The molecule has 1 amide bonds. The number of anilines is 1. The van der Waals surface area contributed by atoms with Crippen molar-refractivity contribution in [1.29, 1.82) is 0 Å². The van der Waals surface area contributed by atoms with Crippen molar-refractivity contribution in [1.82, 2.24) is 5.32 Å². The zero-order valence-corrected chi connectivity index (χ0v) is 14.2. The molecular formula is C18H26N2OS. The quantitative estimate of drug-likeness (QED) is 0.874. The molecule has 1 heterocycles. The minimum atomic E-state index is 0.222. The van der Waals surface area contributed by atoms with Crippen molar-refractivity contribution < 1.29 is 4.79 Å². The van der Waals surface area contributed by atoms with E-state index >= 15 is 0 Å². The van der Waals surface area contributed by atoms with Crippen LogP contribution in [0.25, 0.3) is 0 Å². The fourth-order valence-electron chi connectivity index (χ4n) is 2.98. The maximum absolute atomic E-state index is 12.0. The summed E-state index contributed by atoms with van der Waals surface area (Å²) in [4.78, 5) is 14.4. The molecule has 1 aromatic rings. The smallest absolute Gasteiger partial charge is 0.230 e. The van der Waals surface area contributed by atoms with Crippen LogP contribution < -0.4 is 10.2 Å². The van der Waals surface area contributed by atoms with Crippen molar-refractivity contribution in [2.75, 3.05) is 29.5 Å². The third-order valence-corrected chi connectivity index (χ3v) is 5.68. The topological polar surface area (TPSA) is 32.3 Å². The fourth-order valence-corrected chi connectivity index (χ4v) is 4.03. The Kier molecular flexibility index (Phi) is 5.29. The van der Waals surface area contributed by atoms with Gasteiger partial charge >= 0.3 is 0 Å². The lowest BCUT2D eigenvalue weighted by atomic mass is 10.0. The van der Waals surface area contributed by atoms with E-state index in [0.717, 1.165) is 31.8 Å². The maximum atomic E-state index is 12.0. The first-order valence-corrected chi connectivity index (χ1v) is 9.55. The van der Waals surface area contributed by atoms with Crippen molar-refractivity contribution >= 4 is 23.4 Å². The van der Waals surface area contributed by atoms with E-state index in [1.54, 1.807) is 11.8 Å². The number of benzene rings is 1. The van der Waals surface area contributed by atoms with Crippen LogP contribution in [-0.4, -0.2) is 36.5 Å². The molecule has 4 heteroatoms. The Morgan fingerprint density at radius 3 is 2.73 bits per heavy atom. The van der Waals surface area contributed by atoms with E-state index in [-0.39, 0.29) is 5.91 Å². The number of carbonyl (C=O) groups excluding carboxylic acids is 1. The first-order chi connectivity index (χ1) is 10.7. The molecule has 0 unspecified atom stereocenters. The minimum Gasteiger partial charge on any atom is -0.371 e. The number of nitrogens with zero attached hydrogens (tertiary/aromatic N) is 1. The second-order valence-corrected chi connectivity index (χ2v) is 7.66. The zero-order chi connectivity index (χ0) is 15.4. The molecule has 22 heavy (non-hydrogen) atoms. The average Bonchev–Trinajstić information content (AvgIpc) is 3.32. The predicted molar refractivity (Wildman–Crippen MR) is 94.6 cm³/mol. The molecule has 1 aliphatic heterocycles. The number of piperidine rings is 1. The van der Waals surface area contributed by atoms with E-state index in [9.17, 15) is 4.79 Å². The SMILES string of the molecule is Cc1cccc(N2CCC(NC(=O)CSCC3CC3)CC2)c1. The van der Waals surface area contributed by atoms with Gasteiger partial charge in [0.1, 0.15) is 0 Å². The minimum absolute atomic E-state index is 0.222. The first kappa shape index (κ1) is 15.7. The molecule has 3 nitrogen and oxygen atoms in total. The summed E-state index contributed by atoms with van der Waals surface area (Å²) < 4.78 is 0. The molecule has 0 aromatic heterocycles. The van der Waals surface area contributed by atoms with Crippen LogP contribution in [-0.2, 0) is 4.79 Å². The molecule has 0 bridgehead atoms. The highest BCUT2D eigenvalue weighted by Gasteiger charge is 2.23. The number of amides is 1. The molecule has 1 aromatic carbocycles. The average molecular weight is 318 g/mol. The molecule has 120 valence electrons. The molecule has 0 spiro atoms. The molecule has 2 aliphatic rings. The second-order valence-electron chi connectivity index (χ2n) is 6.63. The van der Waals surface area contributed by atoms with E-state index in [4.69, 9.17) is 0 Å². The van der Waals surface area contributed by atoms with E-state index in [1.165, 1.54) is 29.8 Å². The van der Waals surface area contributed by atoms with Crippen LogP contribution in [0.5, 0.6) is 0 Å². The van der Waals surface area contributed by atoms with Gasteiger partial charge in [-0.1, -0.05) is 12.1 Å². The molecule has 1 aliphatic carbocycles. The Labute approximate surface area is 137 Å². The summed E-state index contributed by atoms with van der Waals surface area (Å²) in [5, 5.41) is 3.21. The summed E-state index contributed by atoms with van der Waals surface area (Å²) >= 11 is 1.80. The lowest BCUT2D eigenvalue weighted by Crippen LogP contribution is -2.45. The van der Waals surface area contributed by atoms with Gasteiger partial charge in [-0.3, -0.25) is 4.79 Å². The van der Waals surface area contributed by atoms with Crippen molar-refractivity contribution in [3.05, 3.63) is 29.8 Å². The fraction of sp³-hybridized carbons (Fsp3) is 0.611. The second kappa shape index (κ2) is 7.40.